The fourth-order valence-electron chi connectivity index (χ4n) is 1.83. The number of ketones is 1. The van der Waals surface area contributed by atoms with Gasteiger partial charge in [0.05, 0.1) is 12.2 Å². The van der Waals surface area contributed by atoms with Crippen molar-refractivity contribution in [2.24, 2.45) is 0 Å². The van der Waals surface area contributed by atoms with E-state index in [0.717, 1.165) is 5.56 Å². The molecule has 2 aromatic rings. The first-order valence-electron chi connectivity index (χ1n) is 6.49. The topological polar surface area (TPSA) is 43.4 Å². The lowest BCUT2D eigenvalue weighted by Gasteiger charge is -2.05. The molecule has 0 aliphatic rings. The normalized spacial score (nSPS) is 10.1. The molecule has 2 aromatic carbocycles. The maximum Gasteiger partial charge on any atom is 0.338 e. The molecule has 0 bridgehead atoms. The van der Waals surface area contributed by atoms with Gasteiger partial charge in [-0.2, -0.15) is 0 Å². The van der Waals surface area contributed by atoms with Crippen molar-refractivity contribution in [2.75, 3.05) is 6.61 Å². The minimum Gasteiger partial charge on any atom is -0.462 e. The first kappa shape index (κ1) is 14.0. The van der Waals surface area contributed by atoms with Crippen LogP contribution in [0.15, 0.2) is 54.6 Å². The van der Waals surface area contributed by atoms with Crippen LogP contribution in [0.5, 0.6) is 0 Å². The van der Waals surface area contributed by atoms with Crippen molar-refractivity contribution in [1.82, 2.24) is 0 Å². The van der Waals surface area contributed by atoms with Gasteiger partial charge in [0, 0.05) is 12.0 Å². The van der Waals surface area contributed by atoms with E-state index in [1.807, 2.05) is 18.2 Å². The molecular formula is C17H16O3. The van der Waals surface area contributed by atoms with Gasteiger partial charge in [0.2, 0.25) is 0 Å². The number of ether oxygens (including phenoxy) is 1. The van der Waals surface area contributed by atoms with Crippen LogP contribution in [0.2, 0.25) is 0 Å². The minimum absolute atomic E-state index is 0.0482. The van der Waals surface area contributed by atoms with E-state index in [4.69, 9.17) is 4.74 Å². The Morgan fingerprint density at radius 2 is 1.55 bits per heavy atom. The van der Waals surface area contributed by atoms with Gasteiger partial charge in [-0.05, 0) is 24.6 Å². The number of Topliss-reactive ketones (excluding diaryl/α,β-unsaturated/α-hetero) is 1. The van der Waals surface area contributed by atoms with Crippen molar-refractivity contribution >= 4 is 11.8 Å². The molecule has 0 unspecified atom stereocenters. The van der Waals surface area contributed by atoms with Crippen LogP contribution < -0.4 is 0 Å². The monoisotopic (exact) mass is 268 g/mol. The highest BCUT2D eigenvalue weighted by Crippen LogP contribution is 2.07. The average Bonchev–Trinajstić information content (AvgIpc) is 2.48. The fourth-order valence-corrected chi connectivity index (χ4v) is 1.83. The third kappa shape index (κ3) is 3.79. The molecule has 0 aliphatic carbocycles. The number of hydrogen-bond donors (Lipinski definition) is 0. The van der Waals surface area contributed by atoms with Crippen molar-refractivity contribution in [3.8, 4) is 0 Å². The van der Waals surface area contributed by atoms with Crippen LogP contribution in [0.25, 0.3) is 0 Å². The first-order chi connectivity index (χ1) is 9.66. The summed E-state index contributed by atoms with van der Waals surface area (Å²) in [6.07, 6.45) is 0.636. The fraction of sp³-hybridized carbons (Fsp3) is 0.176. The number of benzene rings is 2. The van der Waals surface area contributed by atoms with Crippen molar-refractivity contribution in [2.45, 2.75) is 13.3 Å². The number of carbonyl (C=O) groups excluding carboxylic acids is 2. The van der Waals surface area contributed by atoms with Gasteiger partial charge in [0.25, 0.3) is 0 Å². The lowest BCUT2D eigenvalue weighted by atomic mass is 10.1. The van der Waals surface area contributed by atoms with Crippen LogP contribution in [-0.4, -0.2) is 18.4 Å². The summed E-state index contributed by atoms with van der Waals surface area (Å²) < 4.78 is 5.20. The molecule has 2 rings (SSSR count). The Kier molecular flexibility index (Phi) is 4.66. The Labute approximate surface area is 118 Å². The summed E-state index contributed by atoms with van der Waals surface area (Å²) >= 11 is 0. The van der Waals surface area contributed by atoms with Crippen LogP contribution in [0, 0.1) is 0 Å². The van der Waals surface area contributed by atoms with Gasteiger partial charge < -0.3 is 4.74 Å². The molecular weight excluding hydrogens is 252 g/mol. The number of esters is 1. The van der Waals surface area contributed by atoms with Crippen molar-refractivity contribution in [3.63, 3.8) is 0 Å². The number of rotatable bonds is 5. The van der Waals surface area contributed by atoms with Crippen LogP contribution in [-0.2, 0) is 11.2 Å². The summed E-state index contributed by atoms with van der Waals surface area (Å²) in [5.74, 6) is -0.266. The molecule has 0 saturated carbocycles. The molecule has 3 heteroatoms. The summed E-state index contributed by atoms with van der Waals surface area (Å²) in [5.41, 5.74) is 2.28. The third-order valence-corrected chi connectivity index (χ3v) is 2.99. The standard InChI is InChI=1S/C17H16O3/c1-13(18)15-9-7-14(8-10-15)11-12-20-17(19)16-5-3-2-4-6-16/h2-10H,11-12H2,1H3. The van der Waals surface area contributed by atoms with E-state index in [9.17, 15) is 9.59 Å². The minimum atomic E-state index is -0.314. The Balaban J connectivity index is 1.84. The zero-order chi connectivity index (χ0) is 14.4. The molecule has 0 heterocycles. The molecule has 3 nitrogen and oxygen atoms in total. The van der Waals surface area contributed by atoms with E-state index in [-0.39, 0.29) is 11.8 Å². The lowest BCUT2D eigenvalue weighted by Crippen LogP contribution is -2.08. The smallest absolute Gasteiger partial charge is 0.338 e. The highest BCUT2D eigenvalue weighted by atomic mass is 16.5. The third-order valence-electron chi connectivity index (χ3n) is 2.99. The Bertz CT molecular complexity index is 585. The van der Waals surface area contributed by atoms with Gasteiger partial charge in [0.15, 0.2) is 5.78 Å². The Hall–Kier alpha value is -2.42. The highest BCUT2D eigenvalue weighted by molar-refractivity contribution is 5.94. The van der Waals surface area contributed by atoms with E-state index in [2.05, 4.69) is 0 Å². The van der Waals surface area contributed by atoms with Gasteiger partial charge in [-0.15, -0.1) is 0 Å². The van der Waals surface area contributed by atoms with Crippen LogP contribution >= 0.6 is 0 Å². The van der Waals surface area contributed by atoms with Crippen LogP contribution in [0.3, 0.4) is 0 Å². The molecule has 0 radical (unpaired) electrons. The summed E-state index contributed by atoms with van der Waals surface area (Å²) in [7, 11) is 0. The Morgan fingerprint density at radius 3 is 2.15 bits per heavy atom. The van der Waals surface area contributed by atoms with E-state index < -0.39 is 0 Å². The van der Waals surface area contributed by atoms with E-state index in [1.165, 1.54) is 6.92 Å². The zero-order valence-electron chi connectivity index (χ0n) is 11.3. The maximum absolute atomic E-state index is 11.7. The predicted molar refractivity (Wildman–Crippen MR) is 76.9 cm³/mol. The Morgan fingerprint density at radius 1 is 0.900 bits per heavy atom. The number of hydrogen-bond acceptors (Lipinski definition) is 3. The van der Waals surface area contributed by atoms with E-state index >= 15 is 0 Å². The first-order valence-corrected chi connectivity index (χ1v) is 6.49. The molecule has 0 aliphatic heterocycles. The summed E-state index contributed by atoms with van der Waals surface area (Å²) in [5, 5.41) is 0. The molecule has 0 fully saturated rings. The van der Waals surface area contributed by atoms with Gasteiger partial charge in [-0.1, -0.05) is 42.5 Å². The summed E-state index contributed by atoms with van der Waals surface area (Å²) in [4.78, 5) is 22.9. The quantitative estimate of drug-likeness (QED) is 0.617. The maximum atomic E-state index is 11.7. The summed E-state index contributed by atoms with van der Waals surface area (Å²) in [6.45, 7) is 1.86. The molecule has 102 valence electrons. The second-order valence-corrected chi connectivity index (χ2v) is 4.51. The second-order valence-electron chi connectivity index (χ2n) is 4.51. The van der Waals surface area contributed by atoms with Crippen LogP contribution in [0.4, 0.5) is 0 Å². The van der Waals surface area contributed by atoms with E-state index in [1.54, 1.807) is 36.4 Å². The van der Waals surface area contributed by atoms with Gasteiger partial charge in [-0.3, -0.25) is 4.79 Å². The molecule has 0 saturated heterocycles. The van der Waals surface area contributed by atoms with Crippen molar-refractivity contribution < 1.29 is 14.3 Å². The number of carbonyl (C=O) groups is 2. The van der Waals surface area contributed by atoms with Gasteiger partial charge in [-0.25, -0.2) is 4.79 Å². The zero-order valence-corrected chi connectivity index (χ0v) is 11.3. The largest absolute Gasteiger partial charge is 0.462 e. The molecule has 0 amide bonds. The van der Waals surface area contributed by atoms with Crippen LogP contribution in [0.1, 0.15) is 33.2 Å². The second kappa shape index (κ2) is 6.66. The van der Waals surface area contributed by atoms with E-state index in [0.29, 0.717) is 24.2 Å². The van der Waals surface area contributed by atoms with Crippen molar-refractivity contribution in [3.05, 3.63) is 71.3 Å². The molecule has 0 aromatic heterocycles. The summed E-state index contributed by atoms with van der Waals surface area (Å²) in [6, 6.07) is 16.3. The molecule has 20 heavy (non-hydrogen) atoms. The molecule has 0 N–H and O–H groups in total. The molecule has 0 atom stereocenters. The van der Waals surface area contributed by atoms with Gasteiger partial charge in [0.1, 0.15) is 0 Å². The van der Waals surface area contributed by atoms with Gasteiger partial charge >= 0.3 is 5.97 Å². The average molecular weight is 268 g/mol. The molecule has 0 spiro atoms. The SMILES string of the molecule is CC(=O)c1ccc(CCOC(=O)c2ccccc2)cc1. The lowest BCUT2D eigenvalue weighted by molar-refractivity contribution is 0.0509. The predicted octanol–water partition coefficient (Wildman–Crippen LogP) is 3.29. The highest BCUT2D eigenvalue weighted by Gasteiger charge is 2.05. The van der Waals surface area contributed by atoms with Crippen molar-refractivity contribution in [1.29, 1.82) is 0 Å².